The second-order valence-electron chi connectivity index (χ2n) is 3.58. The van der Waals surface area contributed by atoms with Gasteiger partial charge in [0.1, 0.15) is 0 Å². The maximum absolute atomic E-state index is 6.79. The monoisotopic (exact) mass is 202 g/mol. The molecule has 1 aromatic carbocycles. The van der Waals surface area contributed by atoms with Crippen LogP contribution in [-0.4, -0.2) is 26.3 Å². The minimum Gasteiger partial charge on any atom is -0.378 e. The molecule has 78 valence electrons. The van der Waals surface area contributed by atoms with Gasteiger partial charge in [-0.3, -0.25) is 0 Å². The van der Waals surface area contributed by atoms with Gasteiger partial charge in [0.2, 0.25) is 6.54 Å². The first-order chi connectivity index (χ1) is 7.40. The van der Waals surface area contributed by atoms with Gasteiger partial charge in [0, 0.05) is 24.3 Å². The number of benzene rings is 1. The zero-order valence-electron chi connectivity index (χ0n) is 8.65. The van der Waals surface area contributed by atoms with Gasteiger partial charge >= 0.3 is 0 Å². The summed E-state index contributed by atoms with van der Waals surface area (Å²) in [4.78, 5) is 5.68. The van der Waals surface area contributed by atoms with Crippen molar-refractivity contribution in [2.45, 2.75) is 6.54 Å². The Kier molecular flexibility index (Phi) is 3.21. The Morgan fingerprint density at radius 1 is 1.20 bits per heavy atom. The Labute approximate surface area is 90.1 Å². The topological polar surface area (TPSA) is 16.8 Å². The first kappa shape index (κ1) is 10.0. The molecule has 0 aromatic heterocycles. The highest BCUT2D eigenvalue weighted by Gasteiger charge is 2.10. The average Bonchev–Trinajstić information content (AvgIpc) is 2.32. The summed E-state index contributed by atoms with van der Waals surface area (Å²) in [5.41, 5.74) is 2.31. The Balaban J connectivity index is 2.05. The molecular formula is C12H14N2O. The smallest absolute Gasteiger partial charge is 0.239 e. The van der Waals surface area contributed by atoms with Gasteiger partial charge in [-0.25, -0.2) is 6.57 Å². The minimum absolute atomic E-state index is 0.476. The van der Waals surface area contributed by atoms with Crippen LogP contribution in [0.4, 0.5) is 5.69 Å². The van der Waals surface area contributed by atoms with Crippen LogP contribution in [0, 0.1) is 6.57 Å². The van der Waals surface area contributed by atoms with E-state index in [0.29, 0.717) is 6.54 Å². The summed E-state index contributed by atoms with van der Waals surface area (Å²) >= 11 is 0. The van der Waals surface area contributed by atoms with Crippen LogP contribution in [0.5, 0.6) is 0 Å². The molecular weight excluding hydrogens is 188 g/mol. The van der Waals surface area contributed by atoms with E-state index < -0.39 is 0 Å². The second-order valence-corrected chi connectivity index (χ2v) is 3.58. The molecule has 1 aliphatic heterocycles. The normalized spacial score (nSPS) is 16.1. The van der Waals surface area contributed by atoms with E-state index in [9.17, 15) is 0 Å². The number of nitrogens with zero attached hydrogens (tertiary/aromatic N) is 2. The van der Waals surface area contributed by atoms with Crippen LogP contribution in [0.2, 0.25) is 0 Å². The molecule has 0 spiro atoms. The van der Waals surface area contributed by atoms with Crippen LogP contribution in [0.1, 0.15) is 5.56 Å². The van der Waals surface area contributed by atoms with Crippen LogP contribution < -0.4 is 4.90 Å². The molecule has 0 aliphatic carbocycles. The summed E-state index contributed by atoms with van der Waals surface area (Å²) < 4.78 is 5.30. The Morgan fingerprint density at radius 3 is 2.47 bits per heavy atom. The lowest BCUT2D eigenvalue weighted by molar-refractivity contribution is 0.122. The molecule has 0 radical (unpaired) electrons. The van der Waals surface area contributed by atoms with Crippen molar-refractivity contribution in [1.82, 2.24) is 0 Å². The molecule has 3 heteroatoms. The van der Waals surface area contributed by atoms with Crippen LogP contribution in [0.3, 0.4) is 0 Å². The van der Waals surface area contributed by atoms with E-state index in [0.717, 1.165) is 31.9 Å². The van der Waals surface area contributed by atoms with E-state index in [1.807, 2.05) is 12.1 Å². The van der Waals surface area contributed by atoms with Crippen LogP contribution in [0.15, 0.2) is 24.3 Å². The van der Waals surface area contributed by atoms with Gasteiger partial charge in [-0.2, -0.15) is 0 Å². The number of rotatable bonds is 2. The van der Waals surface area contributed by atoms with Crippen molar-refractivity contribution in [2.75, 3.05) is 31.2 Å². The fourth-order valence-electron chi connectivity index (χ4n) is 1.73. The van der Waals surface area contributed by atoms with E-state index in [4.69, 9.17) is 11.3 Å². The summed E-state index contributed by atoms with van der Waals surface area (Å²) in [7, 11) is 0. The fourth-order valence-corrected chi connectivity index (χ4v) is 1.73. The Bertz CT molecular complexity index is 347. The maximum Gasteiger partial charge on any atom is 0.239 e. The van der Waals surface area contributed by atoms with Gasteiger partial charge in [-0.1, -0.05) is 0 Å². The van der Waals surface area contributed by atoms with E-state index in [1.54, 1.807) is 0 Å². The van der Waals surface area contributed by atoms with Crippen molar-refractivity contribution in [3.05, 3.63) is 41.2 Å². The van der Waals surface area contributed by atoms with Crippen molar-refractivity contribution < 1.29 is 4.74 Å². The molecule has 3 nitrogen and oxygen atoms in total. The summed E-state index contributed by atoms with van der Waals surface area (Å²) in [5, 5.41) is 0. The van der Waals surface area contributed by atoms with E-state index in [1.165, 1.54) is 5.69 Å². The zero-order valence-corrected chi connectivity index (χ0v) is 8.65. The molecule has 2 rings (SSSR count). The highest BCUT2D eigenvalue weighted by atomic mass is 16.5. The summed E-state index contributed by atoms with van der Waals surface area (Å²) in [6.07, 6.45) is 0. The number of ether oxygens (including phenoxy) is 1. The predicted molar refractivity (Wildman–Crippen MR) is 59.8 cm³/mol. The van der Waals surface area contributed by atoms with Crippen molar-refractivity contribution in [3.63, 3.8) is 0 Å². The Hall–Kier alpha value is -1.53. The molecule has 0 amide bonds. The van der Waals surface area contributed by atoms with Crippen LogP contribution in [0.25, 0.3) is 4.85 Å². The quantitative estimate of drug-likeness (QED) is 0.682. The van der Waals surface area contributed by atoms with E-state index in [-0.39, 0.29) is 0 Å². The fraction of sp³-hybridized carbons (Fsp3) is 0.417. The van der Waals surface area contributed by atoms with Gasteiger partial charge in [-0.15, -0.1) is 0 Å². The largest absolute Gasteiger partial charge is 0.378 e. The lowest BCUT2D eigenvalue weighted by atomic mass is 10.2. The average molecular weight is 202 g/mol. The van der Waals surface area contributed by atoms with Crippen molar-refractivity contribution in [3.8, 4) is 0 Å². The van der Waals surface area contributed by atoms with Gasteiger partial charge in [0.05, 0.1) is 13.2 Å². The first-order valence-electron chi connectivity index (χ1n) is 5.15. The van der Waals surface area contributed by atoms with Crippen molar-refractivity contribution in [1.29, 1.82) is 0 Å². The minimum atomic E-state index is 0.476. The standard InChI is InChI=1S/C12H14N2O/c1-13-10-11-2-4-12(5-3-11)14-6-8-15-9-7-14/h2-5H,6-10H2. The summed E-state index contributed by atoms with van der Waals surface area (Å²) in [6, 6.07) is 8.24. The first-order valence-corrected chi connectivity index (χ1v) is 5.15. The number of hydrogen-bond donors (Lipinski definition) is 0. The number of morpholine rings is 1. The van der Waals surface area contributed by atoms with Crippen molar-refractivity contribution in [2.24, 2.45) is 0 Å². The molecule has 1 aliphatic rings. The second kappa shape index (κ2) is 4.81. The summed E-state index contributed by atoms with van der Waals surface area (Å²) in [5.74, 6) is 0. The molecule has 1 aromatic rings. The number of anilines is 1. The van der Waals surface area contributed by atoms with Gasteiger partial charge < -0.3 is 14.5 Å². The third-order valence-electron chi connectivity index (χ3n) is 2.57. The predicted octanol–water partition coefficient (Wildman–Crippen LogP) is 1.94. The molecule has 0 saturated carbocycles. The van der Waals surface area contributed by atoms with E-state index >= 15 is 0 Å². The highest BCUT2D eigenvalue weighted by molar-refractivity contribution is 5.48. The lowest BCUT2D eigenvalue weighted by Gasteiger charge is -2.28. The van der Waals surface area contributed by atoms with Crippen LogP contribution in [-0.2, 0) is 11.3 Å². The molecule has 0 N–H and O–H groups in total. The molecule has 0 bridgehead atoms. The molecule has 1 fully saturated rings. The van der Waals surface area contributed by atoms with Gasteiger partial charge in [-0.05, 0) is 24.3 Å². The van der Waals surface area contributed by atoms with Crippen LogP contribution >= 0.6 is 0 Å². The SMILES string of the molecule is [C-]#[N+]Cc1ccc(N2CCOCC2)cc1. The zero-order chi connectivity index (χ0) is 10.5. The molecule has 1 saturated heterocycles. The third kappa shape index (κ3) is 2.48. The lowest BCUT2D eigenvalue weighted by Crippen LogP contribution is -2.36. The molecule has 0 unspecified atom stereocenters. The van der Waals surface area contributed by atoms with Crippen molar-refractivity contribution >= 4 is 5.69 Å². The Morgan fingerprint density at radius 2 is 1.87 bits per heavy atom. The maximum atomic E-state index is 6.79. The number of hydrogen-bond acceptors (Lipinski definition) is 2. The van der Waals surface area contributed by atoms with E-state index in [2.05, 4.69) is 21.9 Å². The third-order valence-corrected chi connectivity index (χ3v) is 2.57. The van der Waals surface area contributed by atoms with Gasteiger partial charge in [0.25, 0.3) is 0 Å². The molecule has 0 atom stereocenters. The summed E-state index contributed by atoms with van der Waals surface area (Å²) in [6.45, 7) is 10.8. The molecule has 15 heavy (non-hydrogen) atoms. The molecule has 1 heterocycles. The van der Waals surface area contributed by atoms with Gasteiger partial charge in [0.15, 0.2) is 0 Å². The highest BCUT2D eigenvalue weighted by Crippen LogP contribution is 2.16.